The fourth-order valence-electron chi connectivity index (χ4n) is 4.56. The molecule has 1 aliphatic carbocycles. The Morgan fingerprint density at radius 1 is 1.32 bits per heavy atom. The SMILES string of the molecule is CN(CC(F)F)C(=O)[C@H]1CCc2c(sc3ncnc(Nc4cc5ccnn5cc4N(C)C)c23)C1. The minimum Gasteiger partial charge on any atom is -0.375 e. The second-order valence-corrected chi connectivity index (χ2v) is 9.83. The fourth-order valence-corrected chi connectivity index (χ4v) is 5.83. The molecule has 0 bridgehead atoms. The first-order chi connectivity index (χ1) is 16.3. The Morgan fingerprint density at radius 3 is 2.91 bits per heavy atom. The summed E-state index contributed by atoms with van der Waals surface area (Å²) in [4.78, 5) is 26.8. The number of carbonyl (C=O) groups is 1. The number of nitrogens with one attached hydrogen (secondary N) is 1. The number of aryl methyl sites for hydroxylation is 1. The molecule has 0 saturated carbocycles. The van der Waals surface area contributed by atoms with Crippen molar-refractivity contribution in [3.05, 3.63) is 41.3 Å². The van der Waals surface area contributed by atoms with Gasteiger partial charge in [0.25, 0.3) is 6.43 Å². The summed E-state index contributed by atoms with van der Waals surface area (Å²) in [6.45, 7) is -0.538. The van der Waals surface area contributed by atoms with E-state index in [1.165, 1.54) is 7.05 Å². The molecule has 1 amide bonds. The molecule has 1 aliphatic rings. The number of amides is 1. The Morgan fingerprint density at radius 2 is 2.15 bits per heavy atom. The third-order valence-corrected chi connectivity index (χ3v) is 7.39. The normalized spacial score (nSPS) is 15.6. The molecule has 34 heavy (non-hydrogen) atoms. The predicted molar refractivity (Wildman–Crippen MR) is 129 cm³/mol. The molecule has 0 aliphatic heterocycles. The van der Waals surface area contributed by atoms with Crippen molar-refractivity contribution in [3.63, 3.8) is 0 Å². The van der Waals surface area contributed by atoms with Gasteiger partial charge in [0.2, 0.25) is 5.91 Å². The van der Waals surface area contributed by atoms with Gasteiger partial charge in [0.1, 0.15) is 17.0 Å². The number of pyridine rings is 1. The standard InChI is InChI=1S/C23H25F2N7OS/c1-30(2)17-10-32-14(6-7-28-32)9-16(17)29-21-20-15-5-4-13(23(33)31(3)11-19(24)25)8-18(15)34-22(20)27-12-26-21/h6-7,9-10,12-13,19H,4-5,8,11H2,1-3H3,(H,26,27,29)/t13-/m0/s1. The van der Waals surface area contributed by atoms with Crippen LogP contribution in [0.2, 0.25) is 0 Å². The van der Waals surface area contributed by atoms with Crippen LogP contribution >= 0.6 is 11.3 Å². The van der Waals surface area contributed by atoms with Gasteiger partial charge in [-0.05, 0) is 37.0 Å². The molecule has 0 spiro atoms. The molecule has 0 saturated heterocycles. The maximum Gasteiger partial charge on any atom is 0.255 e. The lowest BCUT2D eigenvalue weighted by Crippen LogP contribution is -2.38. The number of aromatic nitrogens is 4. The van der Waals surface area contributed by atoms with E-state index in [1.807, 2.05) is 41.8 Å². The van der Waals surface area contributed by atoms with E-state index in [-0.39, 0.29) is 11.8 Å². The van der Waals surface area contributed by atoms with Crippen LogP contribution in [0.4, 0.5) is 26.0 Å². The maximum atomic E-state index is 12.7. The molecule has 4 aromatic rings. The zero-order valence-corrected chi connectivity index (χ0v) is 19.9. The molecule has 178 valence electrons. The van der Waals surface area contributed by atoms with Crippen molar-refractivity contribution in [1.82, 2.24) is 24.5 Å². The van der Waals surface area contributed by atoms with Crippen LogP contribution in [0.5, 0.6) is 0 Å². The second kappa shape index (κ2) is 8.79. The van der Waals surface area contributed by atoms with Gasteiger partial charge in [0, 0.05) is 38.1 Å². The van der Waals surface area contributed by atoms with Gasteiger partial charge in [0.05, 0.1) is 35.0 Å². The van der Waals surface area contributed by atoms with Crippen molar-refractivity contribution in [2.24, 2.45) is 5.92 Å². The number of nitrogens with zero attached hydrogens (tertiary/aromatic N) is 6. The number of hydrogen-bond donors (Lipinski definition) is 1. The van der Waals surface area contributed by atoms with Crippen LogP contribution in [0.25, 0.3) is 15.7 Å². The van der Waals surface area contributed by atoms with Crippen LogP contribution < -0.4 is 10.2 Å². The molecule has 0 unspecified atom stereocenters. The van der Waals surface area contributed by atoms with Crippen LogP contribution in [-0.4, -0.2) is 64.5 Å². The van der Waals surface area contributed by atoms with E-state index in [4.69, 9.17) is 0 Å². The van der Waals surface area contributed by atoms with Gasteiger partial charge in [-0.25, -0.2) is 23.3 Å². The Kier molecular flexibility index (Phi) is 5.80. The minimum absolute atomic E-state index is 0.224. The summed E-state index contributed by atoms with van der Waals surface area (Å²) in [6.07, 6.45) is 4.56. The molecule has 0 fully saturated rings. The van der Waals surface area contributed by atoms with Crippen LogP contribution in [0.1, 0.15) is 16.9 Å². The fraction of sp³-hybridized carbons (Fsp3) is 0.391. The summed E-state index contributed by atoms with van der Waals surface area (Å²) in [5, 5.41) is 8.79. The molecular formula is C23H25F2N7OS. The van der Waals surface area contributed by atoms with Crippen molar-refractivity contribution >= 4 is 50.2 Å². The van der Waals surface area contributed by atoms with Crippen molar-refractivity contribution in [2.45, 2.75) is 25.7 Å². The summed E-state index contributed by atoms with van der Waals surface area (Å²) < 4.78 is 27.3. The third-order valence-electron chi connectivity index (χ3n) is 6.23. The zero-order chi connectivity index (χ0) is 24.0. The quantitative estimate of drug-likeness (QED) is 0.445. The molecular weight excluding hydrogens is 460 g/mol. The van der Waals surface area contributed by atoms with Gasteiger partial charge in [-0.15, -0.1) is 11.3 Å². The molecule has 4 aromatic heterocycles. The molecule has 1 N–H and O–H groups in total. The van der Waals surface area contributed by atoms with E-state index in [0.29, 0.717) is 25.1 Å². The van der Waals surface area contributed by atoms with Gasteiger partial charge in [-0.2, -0.15) is 5.10 Å². The number of carbonyl (C=O) groups excluding carboxylic acids is 1. The molecule has 5 rings (SSSR count). The van der Waals surface area contributed by atoms with Crippen LogP contribution in [0.15, 0.2) is 30.9 Å². The summed E-state index contributed by atoms with van der Waals surface area (Å²) in [7, 11) is 5.39. The number of alkyl halides is 2. The average molecular weight is 486 g/mol. The molecule has 0 aromatic carbocycles. The van der Waals surface area contributed by atoms with E-state index in [2.05, 4.69) is 20.4 Å². The summed E-state index contributed by atoms with van der Waals surface area (Å²) in [5.41, 5.74) is 3.95. The Bertz CT molecular complexity index is 1370. The average Bonchev–Trinajstić information content (AvgIpc) is 3.41. The van der Waals surface area contributed by atoms with E-state index < -0.39 is 13.0 Å². The van der Waals surface area contributed by atoms with Crippen LogP contribution in [0.3, 0.4) is 0 Å². The van der Waals surface area contributed by atoms with E-state index in [0.717, 1.165) is 42.4 Å². The molecule has 8 nitrogen and oxygen atoms in total. The van der Waals surface area contributed by atoms with Crippen molar-refractivity contribution in [3.8, 4) is 0 Å². The summed E-state index contributed by atoms with van der Waals surface area (Å²) in [6, 6.07) is 3.97. The highest BCUT2D eigenvalue weighted by Crippen LogP contribution is 2.41. The number of hydrogen-bond acceptors (Lipinski definition) is 7. The maximum absolute atomic E-state index is 12.7. The lowest BCUT2D eigenvalue weighted by atomic mass is 9.87. The minimum atomic E-state index is -2.53. The first-order valence-electron chi connectivity index (χ1n) is 11.0. The van der Waals surface area contributed by atoms with Crippen molar-refractivity contribution in [1.29, 1.82) is 0 Å². The van der Waals surface area contributed by atoms with Gasteiger partial charge in [-0.1, -0.05) is 0 Å². The monoisotopic (exact) mass is 485 g/mol. The number of anilines is 3. The van der Waals surface area contributed by atoms with Gasteiger partial charge in [-0.3, -0.25) is 4.79 Å². The van der Waals surface area contributed by atoms with Gasteiger partial charge in [0.15, 0.2) is 0 Å². The summed E-state index contributed by atoms with van der Waals surface area (Å²) >= 11 is 1.55. The van der Waals surface area contributed by atoms with Crippen molar-refractivity contribution < 1.29 is 13.6 Å². The topological polar surface area (TPSA) is 78.7 Å². The molecule has 1 atom stereocenters. The largest absolute Gasteiger partial charge is 0.375 e. The Balaban J connectivity index is 1.48. The molecule has 11 heteroatoms. The lowest BCUT2D eigenvalue weighted by molar-refractivity contribution is -0.136. The van der Waals surface area contributed by atoms with Gasteiger partial charge >= 0.3 is 0 Å². The van der Waals surface area contributed by atoms with E-state index >= 15 is 0 Å². The van der Waals surface area contributed by atoms with Crippen LogP contribution in [0, 0.1) is 5.92 Å². The number of rotatable bonds is 6. The smallest absolute Gasteiger partial charge is 0.255 e. The lowest BCUT2D eigenvalue weighted by Gasteiger charge is -2.26. The van der Waals surface area contributed by atoms with Crippen LogP contribution in [-0.2, 0) is 17.6 Å². The highest BCUT2D eigenvalue weighted by Gasteiger charge is 2.31. The first kappa shape index (κ1) is 22.5. The highest BCUT2D eigenvalue weighted by molar-refractivity contribution is 7.19. The zero-order valence-electron chi connectivity index (χ0n) is 19.1. The second-order valence-electron chi connectivity index (χ2n) is 8.75. The van der Waals surface area contributed by atoms with Gasteiger partial charge < -0.3 is 15.1 Å². The highest BCUT2D eigenvalue weighted by atomic mass is 32.1. The Labute approximate surface area is 199 Å². The van der Waals surface area contributed by atoms with Crippen molar-refractivity contribution in [2.75, 3.05) is 37.9 Å². The molecule has 0 radical (unpaired) electrons. The number of fused-ring (bicyclic) bond motifs is 4. The molecule has 4 heterocycles. The van der Waals surface area contributed by atoms with E-state index in [1.54, 1.807) is 23.9 Å². The predicted octanol–water partition coefficient (Wildman–Crippen LogP) is 3.98. The van der Waals surface area contributed by atoms with E-state index in [9.17, 15) is 13.6 Å². The number of thiophene rings is 1. The Hall–Kier alpha value is -3.34. The first-order valence-corrected chi connectivity index (χ1v) is 11.8. The number of halogens is 2. The summed E-state index contributed by atoms with van der Waals surface area (Å²) in [5.74, 6) is 0.199. The third kappa shape index (κ3) is 4.04.